The van der Waals surface area contributed by atoms with Crippen molar-refractivity contribution >= 4 is 5.91 Å². The van der Waals surface area contributed by atoms with Crippen LogP contribution in [-0.2, 0) is 17.6 Å². The third-order valence-corrected chi connectivity index (χ3v) is 5.93. The molecule has 1 aromatic carbocycles. The first-order valence-corrected chi connectivity index (χ1v) is 9.77. The average molecular weight is 352 g/mol. The molecule has 0 spiro atoms. The molecule has 5 heteroatoms. The molecule has 1 fully saturated rings. The molecule has 0 unspecified atom stereocenters. The first-order valence-electron chi connectivity index (χ1n) is 9.77. The van der Waals surface area contributed by atoms with E-state index in [-0.39, 0.29) is 11.9 Å². The van der Waals surface area contributed by atoms with Crippen LogP contribution < -0.4 is 0 Å². The Morgan fingerprint density at radius 1 is 1.15 bits per heavy atom. The van der Waals surface area contributed by atoms with Gasteiger partial charge < -0.3 is 9.47 Å². The van der Waals surface area contributed by atoms with Crippen LogP contribution in [0.4, 0.5) is 0 Å². The van der Waals surface area contributed by atoms with Crippen LogP contribution in [0.15, 0.2) is 43.0 Å². The molecule has 4 rings (SSSR count). The summed E-state index contributed by atoms with van der Waals surface area (Å²) in [6.45, 7) is 5.90. The van der Waals surface area contributed by atoms with Gasteiger partial charge in [0.15, 0.2) is 0 Å². The largest absolute Gasteiger partial charge is 0.341 e. The Morgan fingerprint density at radius 3 is 2.62 bits per heavy atom. The summed E-state index contributed by atoms with van der Waals surface area (Å²) >= 11 is 0. The number of hydrogen-bond donors (Lipinski definition) is 0. The van der Waals surface area contributed by atoms with Gasteiger partial charge in [0.05, 0.1) is 6.33 Å². The summed E-state index contributed by atoms with van der Waals surface area (Å²) < 4.78 is 2.01. The Labute approximate surface area is 155 Å². The minimum atomic E-state index is 0.161. The van der Waals surface area contributed by atoms with E-state index in [2.05, 4.69) is 46.0 Å². The van der Waals surface area contributed by atoms with Gasteiger partial charge in [0.25, 0.3) is 0 Å². The third kappa shape index (κ3) is 3.68. The van der Waals surface area contributed by atoms with Crippen LogP contribution in [0.3, 0.4) is 0 Å². The maximum atomic E-state index is 12.7. The van der Waals surface area contributed by atoms with E-state index in [1.54, 1.807) is 12.5 Å². The van der Waals surface area contributed by atoms with Gasteiger partial charge >= 0.3 is 0 Å². The Bertz CT molecular complexity index is 717. The molecule has 2 aliphatic rings. The molecular formula is C21H28N4O. The zero-order valence-corrected chi connectivity index (χ0v) is 15.6. The fourth-order valence-corrected chi connectivity index (χ4v) is 4.36. The van der Waals surface area contributed by atoms with Gasteiger partial charge in [0.1, 0.15) is 0 Å². The molecule has 0 saturated carbocycles. The second-order valence-corrected chi connectivity index (χ2v) is 7.66. The Morgan fingerprint density at radius 2 is 1.92 bits per heavy atom. The van der Waals surface area contributed by atoms with E-state index in [0.29, 0.717) is 12.5 Å². The quantitative estimate of drug-likeness (QED) is 0.849. The van der Waals surface area contributed by atoms with Gasteiger partial charge in [-0.1, -0.05) is 24.3 Å². The number of fused-ring (bicyclic) bond motifs is 1. The number of nitrogens with zero attached hydrogens (tertiary/aromatic N) is 4. The van der Waals surface area contributed by atoms with Crippen molar-refractivity contribution < 1.29 is 4.79 Å². The molecule has 1 aliphatic carbocycles. The van der Waals surface area contributed by atoms with Crippen molar-refractivity contribution in [3.05, 3.63) is 54.1 Å². The molecule has 1 aliphatic heterocycles. The van der Waals surface area contributed by atoms with Crippen LogP contribution in [0.2, 0.25) is 0 Å². The highest BCUT2D eigenvalue weighted by Crippen LogP contribution is 2.26. The first kappa shape index (κ1) is 17.3. The molecule has 1 aromatic heterocycles. The molecule has 0 N–H and O–H groups in total. The van der Waals surface area contributed by atoms with Crippen LogP contribution in [0.5, 0.6) is 0 Å². The molecule has 0 bridgehead atoms. The van der Waals surface area contributed by atoms with Gasteiger partial charge in [-0.05, 0) is 37.3 Å². The van der Waals surface area contributed by atoms with Gasteiger partial charge in [-0.25, -0.2) is 4.98 Å². The van der Waals surface area contributed by atoms with Crippen molar-refractivity contribution in [3.8, 4) is 0 Å². The molecule has 2 heterocycles. The zero-order valence-electron chi connectivity index (χ0n) is 15.6. The van der Waals surface area contributed by atoms with Gasteiger partial charge in [-0.2, -0.15) is 0 Å². The fourth-order valence-electron chi connectivity index (χ4n) is 4.36. The predicted molar refractivity (Wildman–Crippen MR) is 102 cm³/mol. The number of imidazole rings is 1. The number of rotatable bonds is 4. The van der Waals surface area contributed by atoms with E-state index in [0.717, 1.165) is 45.4 Å². The Balaban J connectivity index is 1.32. The van der Waals surface area contributed by atoms with Crippen LogP contribution in [-0.4, -0.2) is 57.5 Å². The lowest BCUT2D eigenvalue weighted by Gasteiger charge is -2.27. The van der Waals surface area contributed by atoms with Gasteiger partial charge in [0, 0.05) is 57.1 Å². The van der Waals surface area contributed by atoms with Crippen molar-refractivity contribution in [2.75, 3.05) is 26.2 Å². The summed E-state index contributed by atoms with van der Waals surface area (Å²) in [6.07, 6.45) is 9.41. The van der Waals surface area contributed by atoms with Crippen LogP contribution in [0.1, 0.15) is 36.9 Å². The van der Waals surface area contributed by atoms with E-state index in [4.69, 9.17) is 0 Å². The van der Waals surface area contributed by atoms with E-state index in [9.17, 15) is 4.79 Å². The minimum absolute atomic E-state index is 0.161. The van der Waals surface area contributed by atoms with Crippen molar-refractivity contribution in [2.45, 2.75) is 44.7 Å². The zero-order chi connectivity index (χ0) is 17.9. The van der Waals surface area contributed by atoms with Gasteiger partial charge in [-0.15, -0.1) is 0 Å². The summed E-state index contributed by atoms with van der Waals surface area (Å²) in [6, 6.07) is 9.58. The maximum Gasteiger partial charge on any atom is 0.224 e. The maximum absolute atomic E-state index is 12.7. The number of amides is 1. The SMILES string of the molecule is C[C@@H](CC(=O)N1CCCN(C2Cc3ccccc3C2)CC1)n1ccnc1. The molecule has 5 nitrogen and oxygen atoms in total. The standard InChI is InChI=1S/C21H28N4O/c1-17(25-10-7-22-16-25)13-21(26)24-9-4-8-23(11-12-24)20-14-18-5-2-3-6-19(18)15-20/h2-3,5-7,10,16-17,20H,4,8-9,11-15H2,1H3/t17-/m0/s1. The molecule has 2 aromatic rings. The fraction of sp³-hybridized carbons (Fsp3) is 0.524. The second-order valence-electron chi connectivity index (χ2n) is 7.66. The summed E-state index contributed by atoms with van der Waals surface area (Å²) in [5.74, 6) is 0.266. The monoisotopic (exact) mass is 352 g/mol. The van der Waals surface area contributed by atoms with Crippen molar-refractivity contribution in [2.24, 2.45) is 0 Å². The third-order valence-electron chi connectivity index (χ3n) is 5.93. The molecule has 26 heavy (non-hydrogen) atoms. The second kappa shape index (κ2) is 7.62. The van der Waals surface area contributed by atoms with E-state index >= 15 is 0 Å². The lowest BCUT2D eigenvalue weighted by molar-refractivity contribution is -0.131. The van der Waals surface area contributed by atoms with Crippen LogP contribution in [0, 0.1) is 0 Å². The Hall–Kier alpha value is -2.14. The lowest BCUT2D eigenvalue weighted by Crippen LogP contribution is -2.40. The van der Waals surface area contributed by atoms with Crippen molar-refractivity contribution in [3.63, 3.8) is 0 Å². The smallest absolute Gasteiger partial charge is 0.224 e. The van der Waals surface area contributed by atoms with Crippen LogP contribution >= 0.6 is 0 Å². The van der Waals surface area contributed by atoms with Gasteiger partial charge in [-0.3, -0.25) is 9.69 Å². The number of carbonyl (C=O) groups excluding carboxylic acids is 1. The number of benzene rings is 1. The van der Waals surface area contributed by atoms with E-state index in [1.165, 1.54) is 11.1 Å². The molecule has 1 atom stereocenters. The normalized spacial score (nSPS) is 20.0. The molecular weight excluding hydrogens is 324 g/mol. The average Bonchev–Trinajstić information content (AvgIpc) is 3.26. The topological polar surface area (TPSA) is 41.4 Å². The highest BCUT2D eigenvalue weighted by molar-refractivity contribution is 5.76. The summed E-state index contributed by atoms with van der Waals surface area (Å²) in [4.78, 5) is 21.5. The summed E-state index contributed by atoms with van der Waals surface area (Å²) in [7, 11) is 0. The number of carbonyl (C=O) groups is 1. The highest BCUT2D eigenvalue weighted by atomic mass is 16.2. The van der Waals surface area contributed by atoms with Crippen molar-refractivity contribution in [1.82, 2.24) is 19.4 Å². The molecule has 0 radical (unpaired) electrons. The Kier molecular flexibility index (Phi) is 5.07. The van der Waals surface area contributed by atoms with Crippen molar-refractivity contribution in [1.29, 1.82) is 0 Å². The number of hydrogen-bond acceptors (Lipinski definition) is 3. The molecule has 1 amide bonds. The van der Waals surface area contributed by atoms with Crippen LogP contribution in [0.25, 0.3) is 0 Å². The summed E-state index contributed by atoms with van der Waals surface area (Å²) in [5, 5.41) is 0. The van der Waals surface area contributed by atoms with Gasteiger partial charge in [0.2, 0.25) is 5.91 Å². The molecule has 1 saturated heterocycles. The molecule has 138 valence electrons. The number of aromatic nitrogens is 2. The minimum Gasteiger partial charge on any atom is -0.341 e. The predicted octanol–water partition coefficient (Wildman–Crippen LogP) is 2.54. The van der Waals surface area contributed by atoms with E-state index < -0.39 is 0 Å². The highest BCUT2D eigenvalue weighted by Gasteiger charge is 2.29. The van der Waals surface area contributed by atoms with E-state index in [1.807, 2.05) is 10.8 Å². The lowest BCUT2D eigenvalue weighted by atomic mass is 10.1. The summed E-state index contributed by atoms with van der Waals surface area (Å²) in [5.41, 5.74) is 3.01. The first-order chi connectivity index (χ1) is 12.7.